The van der Waals surface area contributed by atoms with E-state index in [9.17, 15) is 4.79 Å². The molecule has 0 atom stereocenters. The van der Waals surface area contributed by atoms with E-state index in [-0.39, 0.29) is 5.91 Å². The van der Waals surface area contributed by atoms with Crippen LogP contribution in [0.25, 0.3) is 0 Å². The third-order valence-corrected chi connectivity index (χ3v) is 5.37. The summed E-state index contributed by atoms with van der Waals surface area (Å²) in [6.45, 7) is 5.20. The Morgan fingerprint density at radius 1 is 0.962 bits per heavy atom. The van der Waals surface area contributed by atoms with Gasteiger partial charge in [-0.1, -0.05) is 54.6 Å². The first-order valence-electron chi connectivity index (χ1n) is 9.06. The first-order chi connectivity index (χ1) is 12.8. The molecular weight excluding hydrogens is 344 g/mol. The molecule has 0 saturated carbocycles. The smallest absolute Gasteiger partial charge is 0.230 e. The number of carbonyl (C=O) groups excluding carboxylic acids is 1. The molecule has 26 heavy (non-hydrogen) atoms. The maximum atomic E-state index is 12.0. The number of hydrogen-bond acceptors (Lipinski definition) is 4. The summed E-state index contributed by atoms with van der Waals surface area (Å²) in [6.07, 6.45) is 0. The van der Waals surface area contributed by atoms with Gasteiger partial charge in [-0.15, -0.1) is 11.8 Å². The fourth-order valence-corrected chi connectivity index (χ4v) is 3.69. The molecule has 0 unspecified atom stereocenters. The van der Waals surface area contributed by atoms with E-state index in [2.05, 4.69) is 46.6 Å². The van der Waals surface area contributed by atoms with Gasteiger partial charge in [0, 0.05) is 31.9 Å². The zero-order valence-corrected chi connectivity index (χ0v) is 15.8. The van der Waals surface area contributed by atoms with Crippen molar-refractivity contribution in [3.8, 4) is 0 Å². The zero-order chi connectivity index (χ0) is 18.0. The van der Waals surface area contributed by atoms with Gasteiger partial charge in [-0.3, -0.25) is 9.69 Å². The van der Waals surface area contributed by atoms with Crippen molar-refractivity contribution in [3.05, 3.63) is 71.3 Å². The third-order valence-electron chi connectivity index (χ3n) is 4.37. The number of benzene rings is 2. The molecule has 3 rings (SSSR count). The molecule has 1 fully saturated rings. The molecule has 1 amide bonds. The third kappa shape index (κ3) is 6.48. The quantitative estimate of drug-likeness (QED) is 0.775. The highest BCUT2D eigenvalue weighted by molar-refractivity contribution is 7.99. The van der Waals surface area contributed by atoms with E-state index in [1.165, 1.54) is 11.1 Å². The molecule has 1 N–H and O–H groups in total. The average molecular weight is 371 g/mol. The molecule has 2 aromatic rings. The molecule has 1 heterocycles. The Labute approximate surface area is 159 Å². The molecule has 1 aliphatic heterocycles. The lowest BCUT2D eigenvalue weighted by Crippen LogP contribution is -2.35. The minimum absolute atomic E-state index is 0.0864. The van der Waals surface area contributed by atoms with Crippen molar-refractivity contribution in [1.29, 1.82) is 0 Å². The Balaban J connectivity index is 1.35. The van der Waals surface area contributed by atoms with E-state index in [0.29, 0.717) is 12.3 Å². The Bertz CT molecular complexity index is 670. The fraction of sp³-hybridized carbons (Fsp3) is 0.381. The van der Waals surface area contributed by atoms with E-state index < -0.39 is 0 Å². The van der Waals surface area contributed by atoms with Crippen molar-refractivity contribution in [2.75, 3.05) is 32.1 Å². The highest BCUT2D eigenvalue weighted by Crippen LogP contribution is 2.12. The molecule has 0 radical (unpaired) electrons. The van der Waals surface area contributed by atoms with Gasteiger partial charge < -0.3 is 10.1 Å². The largest absolute Gasteiger partial charge is 0.379 e. The van der Waals surface area contributed by atoms with E-state index in [0.717, 1.165) is 44.2 Å². The number of hydrogen-bond donors (Lipinski definition) is 1. The Hall–Kier alpha value is -1.82. The number of amides is 1. The molecule has 1 aliphatic rings. The van der Waals surface area contributed by atoms with Crippen LogP contribution in [-0.4, -0.2) is 42.9 Å². The first kappa shape index (κ1) is 19.0. The number of morpholine rings is 1. The summed E-state index contributed by atoms with van der Waals surface area (Å²) >= 11 is 1.64. The lowest BCUT2D eigenvalue weighted by atomic mass is 10.1. The summed E-state index contributed by atoms with van der Waals surface area (Å²) in [6, 6.07) is 18.7. The van der Waals surface area contributed by atoms with Gasteiger partial charge in [0.15, 0.2) is 0 Å². The van der Waals surface area contributed by atoms with Crippen LogP contribution in [0.15, 0.2) is 54.6 Å². The van der Waals surface area contributed by atoms with Crippen molar-refractivity contribution in [2.45, 2.75) is 18.8 Å². The molecule has 0 bridgehead atoms. The van der Waals surface area contributed by atoms with Crippen LogP contribution >= 0.6 is 11.8 Å². The Morgan fingerprint density at radius 2 is 1.65 bits per heavy atom. The first-order valence-corrected chi connectivity index (χ1v) is 10.2. The van der Waals surface area contributed by atoms with Gasteiger partial charge in [-0.25, -0.2) is 0 Å². The van der Waals surface area contributed by atoms with Crippen molar-refractivity contribution in [2.24, 2.45) is 0 Å². The molecule has 2 aromatic carbocycles. The topological polar surface area (TPSA) is 41.6 Å². The van der Waals surface area contributed by atoms with Crippen LogP contribution in [0.4, 0.5) is 0 Å². The van der Waals surface area contributed by atoms with Crippen LogP contribution in [0.2, 0.25) is 0 Å². The number of thioether (sulfide) groups is 1. The molecule has 5 heteroatoms. The molecule has 1 saturated heterocycles. The van der Waals surface area contributed by atoms with Crippen molar-refractivity contribution in [3.63, 3.8) is 0 Å². The second-order valence-corrected chi connectivity index (χ2v) is 7.45. The molecular formula is C21H26N2O2S. The average Bonchev–Trinajstić information content (AvgIpc) is 2.69. The lowest BCUT2D eigenvalue weighted by Gasteiger charge is -2.26. The number of nitrogens with zero attached hydrogens (tertiary/aromatic N) is 1. The highest BCUT2D eigenvalue weighted by atomic mass is 32.2. The van der Waals surface area contributed by atoms with Crippen LogP contribution in [0.1, 0.15) is 16.7 Å². The predicted molar refractivity (Wildman–Crippen MR) is 107 cm³/mol. The fourth-order valence-electron chi connectivity index (χ4n) is 2.87. The number of rotatable bonds is 8. The number of ether oxygens (including phenoxy) is 1. The van der Waals surface area contributed by atoms with Gasteiger partial charge in [0.2, 0.25) is 5.91 Å². The van der Waals surface area contributed by atoms with E-state index in [1.54, 1.807) is 11.8 Å². The minimum Gasteiger partial charge on any atom is -0.379 e. The Morgan fingerprint density at radius 3 is 2.38 bits per heavy atom. The minimum atomic E-state index is 0.0864. The summed E-state index contributed by atoms with van der Waals surface area (Å²) < 4.78 is 5.38. The van der Waals surface area contributed by atoms with E-state index in [4.69, 9.17) is 4.74 Å². The number of nitrogens with one attached hydrogen (secondary N) is 1. The van der Waals surface area contributed by atoms with E-state index >= 15 is 0 Å². The maximum absolute atomic E-state index is 12.0. The SMILES string of the molecule is O=C(CSCc1ccccc1)NCc1ccc(CN2CCOCC2)cc1. The molecule has 0 spiro atoms. The van der Waals surface area contributed by atoms with Crippen LogP contribution in [0.3, 0.4) is 0 Å². The Kier molecular flexibility index (Phi) is 7.55. The van der Waals surface area contributed by atoms with Gasteiger partial charge in [0.05, 0.1) is 19.0 Å². The standard InChI is InChI=1S/C21H26N2O2S/c24-21(17-26-16-20-4-2-1-3-5-20)22-14-18-6-8-19(9-7-18)15-23-10-12-25-13-11-23/h1-9H,10-17H2,(H,22,24). The second kappa shape index (κ2) is 10.4. The summed E-state index contributed by atoms with van der Waals surface area (Å²) in [7, 11) is 0. The summed E-state index contributed by atoms with van der Waals surface area (Å²) in [4.78, 5) is 14.4. The predicted octanol–water partition coefficient (Wildman–Crippen LogP) is 3.07. The van der Waals surface area contributed by atoms with Crippen LogP contribution in [-0.2, 0) is 28.4 Å². The molecule has 0 aromatic heterocycles. The van der Waals surface area contributed by atoms with Crippen molar-refractivity contribution < 1.29 is 9.53 Å². The van der Waals surface area contributed by atoms with Gasteiger partial charge >= 0.3 is 0 Å². The van der Waals surface area contributed by atoms with Crippen molar-refractivity contribution >= 4 is 17.7 Å². The summed E-state index contributed by atoms with van der Waals surface area (Å²) in [5, 5.41) is 3.00. The summed E-state index contributed by atoms with van der Waals surface area (Å²) in [5.74, 6) is 1.44. The normalized spacial score (nSPS) is 14.9. The van der Waals surface area contributed by atoms with Gasteiger partial charge in [0.1, 0.15) is 0 Å². The van der Waals surface area contributed by atoms with Crippen LogP contribution in [0.5, 0.6) is 0 Å². The molecule has 4 nitrogen and oxygen atoms in total. The van der Waals surface area contributed by atoms with Crippen molar-refractivity contribution in [1.82, 2.24) is 10.2 Å². The molecule has 138 valence electrons. The maximum Gasteiger partial charge on any atom is 0.230 e. The monoisotopic (exact) mass is 370 g/mol. The van der Waals surface area contributed by atoms with E-state index in [1.807, 2.05) is 18.2 Å². The molecule has 0 aliphatic carbocycles. The lowest BCUT2D eigenvalue weighted by molar-refractivity contribution is -0.118. The van der Waals surface area contributed by atoms with Gasteiger partial charge in [-0.05, 0) is 16.7 Å². The highest BCUT2D eigenvalue weighted by Gasteiger charge is 2.10. The van der Waals surface area contributed by atoms with Gasteiger partial charge in [-0.2, -0.15) is 0 Å². The number of carbonyl (C=O) groups is 1. The summed E-state index contributed by atoms with van der Waals surface area (Å²) in [5.41, 5.74) is 3.69. The van der Waals surface area contributed by atoms with Crippen LogP contribution in [0, 0.1) is 0 Å². The van der Waals surface area contributed by atoms with Gasteiger partial charge in [0.25, 0.3) is 0 Å². The van der Waals surface area contributed by atoms with Crippen LogP contribution < -0.4 is 5.32 Å². The zero-order valence-electron chi connectivity index (χ0n) is 15.0. The second-order valence-electron chi connectivity index (χ2n) is 6.46.